The van der Waals surface area contributed by atoms with Crippen LogP contribution in [0, 0.1) is 0 Å². The van der Waals surface area contributed by atoms with Gasteiger partial charge in [-0.05, 0) is 84.1 Å². The first kappa shape index (κ1) is 25.4. The number of hydrogen-bond acceptors (Lipinski definition) is 5. The highest BCUT2D eigenvalue weighted by molar-refractivity contribution is 7.90. The van der Waals surface area contributed by atoms with Crippen LogP contribution in [0.5, 0.6) is 23.0 Å². The van der Waals surface area contributed by atoms with E-state index in [0.717, 1.165) is 39.0 Å². The Morgan fingerprint density at radius 1 is 0.684 bits per heavy atom. The number of fused-ring (bicyclic) bond motifs is 1. The second-order valence-corrected chi connectivity index (χ2v) is 10.9. The molecule has 5 aromatic carbocycles. The van der Waals surface area contributed by atoms with Crippen LogP contribution in [-0.2, 0) is 16.4 Å². The zero-order valence-corrected chi connectivity index (χ0v) is 22.1. The van der Waals surface area contributed by atoms with Crippen molar-refractivity contribution in [1.29, 1.82) is 0 Å². The molecule has 0 aliphatic rings. The van der Waals surface area contributed by atoms with E-state index in [2.05, 4.69) is 0 Å². The first-order valence-electron chi connectivity index (χ1n) is 12.4. The molecular formula is C32H28O5S. The zero-order valence-electron chi connectivity index (χ0n) is 21.3. The van der Waals surface area contributed by atoms with Crippen LogP contribution in [0.3, 0.4) is 0 Å². The Balaban J connectivity index is 1.53. The molecule has 0 radical (unpaired) electrons. The van der Waals surface area contributed by atoms with Gasteiger partial charge in [0, 0.05) is 17.2 Å². The monoisotopic (exact) mass is 524 g/mol. The largest absolute Gasteiger partial charge is 0.494 e. The average Bonchev–Trinajstić information content (AvgIpc) is 2.93. The second-order valence-electron chi connectivity index (χ2n) is 8.90. The lowest BCUT2D eigenvalue weighted by Crippen LogP contribution is -1.97. The van der Waals surface area contributed by atoms with Crippen LogP contribution in [0.1, 0.15) is 12.5 Å². The fourth-order valence-electron chi connectivity index (χ4n) is 4.22. The van der Waals surface area contributed by atoms with Crippen LogP contribution in [0.4, 0.5) is 0 Å². The lowest BCUT2D eigenvalue weighted by molar-refractivity contribution is 0.306. The van der Waals surface area contributed by atoms with E-state index in [1.807, 2.05) is 91.9 Å². The number of ether oxygens (including phenoxy) is 3. The molecule has 0 saturated carbocycles. The molecule has 0 amide bonds. The maximum atomic E-state index is 12.0. The summed E-state index contributed by atoms with van der Waals surface area (Å²) in [5.41, 5.74) is 2.80. The van der Waals surface area contributed by atoms with Gasteiger partial charge in [-0.1, -0.05) is 48.5 Å². The van der Waals surface area contributed by atoms with Gasteiger partial charge in [-0.25, -0.2) is 8.42 Å². The smallest absolute Gasteiger partial charge is 0.175 e. The third kappa shape index (κ3) is 5.82. The molecule has 5 nitrogen and oxygen atoms in total. The van der Waals surface area contributed by atoms with E-state index in [1.54, 1.807) is 24.3 Å². The van der Waals surface area contributed by atoms with E-state index in [4.69, 9.17) is 14.2 Å². The van der Waals surface area contributed by atoms with E-state index in [1.165, 1.54) is 6.26 Å². The van der Waals surface area contributed by atoms with Gasteiger partial charge in [0.25, 0.3) is 0 Å². The van der Waals surface area contributed by atoms with E-state index in [0.29, 0.717) is 24.7 Å². The summed E-state index contributed by atoms with van der Waals surface area (Å²) in [6, 6.07) is 34.3. The number of benzene rings is 5. The molecule has 0 aromatic heterocycles. The molecule has 0 bridgehead atoms. The molecule has 0 atom stereocenters. The van der Waals surface area contributed by atoms with Crippen molar-refractivity contribution in [2.45, 2.75) is 18.4 Å². The summed E-state index contributed by atoms with van der Waals surface area (Å²) >= 11 is 0. The maximum absolute atomic E-state index is 12.0. The number of rotatable bonds is 9. The number of sulfone groups is 1. The summed E-state index contributed by atoms with van der Waals surface area (Å²) in [6.45, 7) is 3.01. The normalized spacial score (nSPS) is 11.3. The van der Waals surface area contributed by atoms with E-state index < -0.39 is 9.84 Å². The third-order valence-electron chi connectivity index (χ3n) is 6.14. The predicted octanol–water partition coefficient (Wildman–Crippen LogP) is 7.68. The molecule has 0 N–H and O–H groups in total. The number of hydrogen-bond donors (Lipinski definition) is 0. The van der Waals surface area contributed by atoms with Crippen LogP contribution in [-0.4, -0.2) is 21.3 Å². The molecule has 0 aliphatic heterocycles. The molecule has 0 fully saturated rings. The van der Waals surface area contributed by atoms with Gasteiger partial charge in [0.05, 0.1) is 11.5 Å². The van der Waals surface area contributed by atoms with Crippen LogP contribution >= 0.6 is 0 Å². The SMILES string of the molecule is CCOc1ccc(Oc2c(-c3ccc(S(C)(=O)=O)cc3)ccc3cc(OCc4ccccc4)ccc23)cc1. The van der Waals surface area contributed by atoms with Crippen molar-refractivity contribution in [2.24, 2.45) is 0 Å². The van der Waals surface area contributed by atoms with Crippen molar-refractivity contribution in [3.8, 4) is 34.1 Å². The van der Waals surface area contributed by atoms with E-state index in [-0.39, 0.29) is 4.90 Å². The Labute approximate surface area is 223 Å². The topological polar surface area (TPSA) is 61.8 Å². The summed E-state index contributed by atoms with van der Waals surface area (Å²) in [7, 11) is -3.29. The molecule has 5 aromatic rings. The van der Waals surface area contributed by atoms with Crippen LogP contribution in [0.25, 0.3) is 21.9 Å². The first-order valence-corrected chi connectivity index (χ1v) is 14.2. The quantitative estimate of drug-likeness (QED) is 0.198. The molecule has 0 aliphatic carbocycles. The van der Waals surface area contributed by atoms with Crippen LogP contribution in [0.15, 0.2) is 114 Å². The van der Waals surface area contributed by atoms with Crippen LogP contribution in [0.2, 0.25) is 0 Å². The van der Waals surface area contributed by atoms with Gasteiger partial charge >= 0.3 is 0 Å². The Kier molecular flexibility index (Phi) is 7.33. The van der Waals surface area contributed by atoms with Gasteiger partial charge in [0.2, 0.25) is 0 Å². The van der Waals surface area contributed by atoms with Crippen molar-refractivity contribution >= 4 is 20.6 Å². The second kappa shape index (κ2) is 11.0. The van der Waals surface area contributed by atoms with E-state index >= 15 is 0 Å². The predicted molar refractivity (Wildman–Crippen MR) is 151 cm³/mol. The molecule has 38 heavy (non-hydrogen) atoms. The molecular weight excluding hydrogens is 496 g/mol. The zero-order chi connectivity index (χ0) is 26.5. The minimum atomic E-state index is -3.29. The lowest BCUT2D eigenvalue weighted by Gasteiger charge is -2.16. The summed E-state index contributed by atoms with van der Waals surface area (Å²) in [4.78, 5) is 0.274. The van der Waals surface area contributed by atoms with E-state index in [9.17, 15) is 8.42 Å². The minimum absolute atomic E-state index is 0.274. The van der Waals surface area contributed by atoms with Crippen molar-refractivity contribution < 1.29 is 22.6 Å². The molecule has 0 heterocycles. The Bertz CT molecular complexity index is 1640. The van der Waals surface area contributed by atoms with Gasteiger partial charge in [0.15, 0.2) is 9.84 Å². The van der Waals surface area contributed by atoms with Crippen molar-refractivity contribution in [3.63, 3.8) is 0 Å². The Hall–Kier alpha value is -4.29. The fourth-order valence-corrected chi connectivity index (χ4v) is 4.85. The summed E-state index contributed by atoms with van der Waals surface area (Å²) in [5.74, 6) is 2.88. The summed E-state index contributed by atoms with van der Waals surface area (Å²) in [5, 5.41) is 1.88. The van der Waals surface area contributed by atoms with Crippen molar-refractivity contribution in [2.75, 3.05) is 12.9 Å². The Morgan fingerprint density at radius 3 is 2.05 bits per heavy atom. The molecule has 192 valence electrons. The van der Waals surface area contributed by atoms with Crippen LogP contribution < -0.4 is 14.2 Å². The van der Waals surface area contributed by atoms with Gasteiger partial charge in [-0.3, -0.25) is 0 Å². The minimum Gasteiger partial charge on any atom is -0.494 e. The highest BCUT2D eigenvalue weighted by atomic mass is 32.2. The molecule has 0 spiro atoms. The third-order valence-corrected chi connectivity index (χ3v) is 7.27. The van der Waals surface area contributed by atoms with Gasteiger partial charge in [-0.2, -0.15) is 0 Å². The highest BCUT2D eigenvalue weighted by Gasteiger charge is 2.15. The fraction of sp³-hybridized carbons (Fsp3) is 0.125. The lowest BCUT2D eigenvalue weighted by atomic mass is 9.99. The standard InChI is InChI=1S/C32H28O5S/c1-3-35-26-12-14-27(15-13-26)37-32-30(24-9-17-29(18-10-24)38(2,33)34)19-11-25-21-28(16-20-31(25)32)36-22-23-7-5-4-6-8-23/h4-21H,3,22H2,1-2H3. The van der Waals surface area contributed by atoms with Crippen molar-refractivity contribution in [3.05, 3.63) is 115 Å². The summed E-state index contributed by atoms with van der Waals surface area (Å²) < 4.78 is 42.0. The Morgan fingerprint density at radius 2 is 1.37 bits per heavy atom. The molecule has 5 rings (SSSR count). The first-order chi connectivity index (χ1) is 18.4. The van der Waals surface area contributed by atoms with Gasteiger partial charge < -0.3 is 14.2 Å². The highest BCUT2D eigenvalue weighted by Crippen LogP contribution is 2.41. The van der Waals surface area contributed by atoms with Crippen molar-refractivity contribution in [1.82, 2.24) is 0 Å². The average molecular weight is 525 g/mol. The molecule has 0 saturated heterocycles. The molecule has 6 heteroatoms. The summed E-state index contributed by atoms with van der Waals surface area (Å²) in [6.07, 6.45) is 1.20. The van der Waals surface area contributed by atoms with Gasteiger partial charge in [-0.15, -0.1) is 0 Å². The molecule has 0 unspecified atom stereocenters. The maximum Gasteiger partial charge on any atom is 0.175 e. The van der Waals surface area contributed by atoms with Gasteiger partial charge in [0.1, 0.15) is 29.6 Å².